The van der Waals surface area contributed by atoms with Gasteiger partial charge in [-0.15, -0.1) is 0 Å². The van der Waals surface area contributed by atoms with Crippen molar-refractivity contribution < 1.29 is 4.21 Å². The highest BCUT2D eigenvalue weighted by Gasteiger charge is 2.14. The quantitative estimate of drug-likeness (QED) is 0.572. The van der Waals surface area contributed by atoms with Crippen molar-refractivity contribution in [2.45, 2.75) is 10.9 Å². The number of para-hydroxylation sites is 2. The Morgan fingerprint density at radius 1 is 0.917 bits per heavy atom. The van der Waals surface area contributed by atoms with Gasteiger partial charge >= 0.3 is 0 Å². The van der Waals surface area contributed by atoms with Gasteiger partial charge in [0.2, 0.25) is 5.16 Å². The van der Waals surface area contributed by atoms with Crippen LogP contribution in [0.25, 0.3) is 16.6 Å². The van der Waals surface area contributed by atoms with Crippen molar-refractivity contribution in [2.75, 3.05) is 0 Å². The number of pyridine rings is 1. The number of hydrogen-bond donors (Lipinski definition) is 0. The molecule has 0 N–H and O–H groups in total. The lowest BCUT2D eigenvalue weighted by atomic mass is 10.2. The Kier molecular flexibility index (Phi) is 3.92. The maximum Gasteiger partial charge on any atom is 0.203 e. The number of nitrogens with zero attached hydrogens (tertiary/aromatic N) is 3. The fraction of sp³-hybridized carbons (Fsp3) is 0.0526. The molecule has 4 nitrogen and oxygen atoms in total. The van der Waals surface area contributed by atoms with Crippen LogP contribution in [0.5, 0.6) is 0 Å². The summed E-state index contributed by atoms with van der Waals surface area (Å²) in [5.41, 5.74) is 2.66. The molecule has 0 spiro atoms. The zero-order valence-electron chi connectivity index (χ0n) is 12.9. The number of rotatable bonds is 4. The first-order valence-corrected chi connectivity index (χ1v) is 8.95. The average Bonchev–Trinajstić information content (AvgIpc) is 3.12. The molecule has 2 aromatic carbocycles. The van der Waals surface area contributed by atoms with Gasteiger partial charge in [-0.2, -0.15) is 0 Å². The smallest absolute Gasteiger partial charge is 0.203 e. The van der Waals surface area contributed by atoms with E-state index in [2.05, 4.69) is 9.97 Å². The van der Waals surface area contributed by atoms with Crippen LogP contribution in [0.2, 0.25) is 0 Å². The number of hydrogen-bond acceptors (Lipinski definition) is 3. The van der Waals surface area contributed by atoms with Crippen LogP contribution in [0.1, 0.15) is 5.69 Å². The van der Waals surface area contributed by atoms with Crippen LogP contribution in [0.4, 0.5) is 0 Å². The van der Waals surface area contributed by atoms with Gasteiger partial charge in [0.1, 0.15) is 0 Å². The minimum absolute atomic E-state index is 0.342. The average molecular weight is 333 g/mol. The highest BCUT2D eigenvalue weighted by atomic mass is 32.2. The first-order valence-electron chi connectivity index (χ1n) is 7.63. The van der Waals surface area contributed by atoms with Crippen LogP contribution in [0.15, 0.2) is 84.3 Å². The van der Waals surface area contributed by atoms with Crippen molar-refractivity contribution in [2.24, 2.45) is 0 Å². The minimum Gasteiger partial charge on any atom is -0.293 e. The molecule has 0 saturated heterocycles. The molecule has 1 atom stereocenters. The lowest BCUT2D eigenvalue weighted by Crippen LogP contribution is -2.06. The largest absolute Gasteiger partial charge is 0.293 e. The predicted molar refractivity (Wildman–Crippen MR) is 95.4 cm³/mol. The molecule has 4 aromatic rings. The summed E-state index contributed by atoms with van der Waals surface area (Å²) in [5, 5.41) is 1.62. The summed E-state index contributed by atoms with van der Waals surface area (Å²) >= 11 is 0. The van der Waals surface area contributed by atoms with E-state index < -0.39 is 10.8 Å². The summed E-state index contributed by atoms with van der Waals surface area (Å²) in [6.07, 6.45) is 3.50. The van der Waals surface area contributed by atoms with Gasteiger partial charge in [-0.25, -0.2) is 4.98 Å². The number of fused-ring (bicyclic) bond motifs is 1. The van der Waals surface area contributed by atoms with E-state index in [4.69, 9.17) is 0 Å². The molecule has 118 valence electrons. The van der Waals surface area contributed by atoms with E-state index in [-0.39, 0.29) is 0 Å². The fourth-order valence-corrected chi connectivity index (χ4v) is 3.75. The molecule has 5 heteroatoms. The molecule has 0 aliphatic heterocycles. The van der Waals surface area contributed by atoms with Gasteiger partial charge in [0, 0.05) is 23.5 Å². The van der Waals surface area contributed by atoms with Crippen LogP contribution in [0, 0.1) is 0 Å². The molecule has 24 heavy (non-hydrogen) atoms. The summed E-state index contributed by atoms with van der Waals surface area (Å²) in [6, 6.07) is 21.7. The van der Waals surface area contributed by atoms with E-state index in [0.29, 0.717) is 10.9 Å². The predicted octanol–water partition coefficient (Wildman–Crippen LogP) is 3.73. The highest BCUT2D eigenvalue weighted by molar-refractivity contribution is 7.84. The van der Waals surface area contributed by atoms with E-state index in [1.54, 1.807) is 6.20 Å². The van der Waals surface area contributed by atoms with Crippen molar-refractivity contribution >= 4 is 21.7 Å². The zero-order valence-corrected chi connectivity index (χ0v) is 13.7. The summed E-state index contributed by atoms with van der Waals surface area (Å²) in [5.74, 6) is 0.342. The van der Waals surface area contributed by atoms with Crippen molar-refractivity contribution in [3.05, 3.63) is 84.8 Å². The molecule has 0 radical (unpaired) electrons. The lowest BCUT2D eigenvalue weighted by Gasteiger charge is -2.07. The topological polar surface area (TPSA) is 47.8 Å². The maximum atomic E-state index is 12.8. The number of aromatic nitrogens is 3. The van der Waals surface area contributed by atoms with E-state index in [1.165, 1.54) is 0 Å². The summed E-state index contributed by atoms with van der Waals surface area (Å²) in [7, 11) is -1.27. The molecule has 4 rings (SSSR count). The summed E-state index contributed by atoms with van der Waals surface area (Å²) in [6.45, 7) is 0. The van der Waals surface area contributed by atoms with E-state index in [9.17, 15) is 4.21 Å². The Balaban J connectivity index is 1.64. The molecule has 0 saturated carbocycles. The van der Waals surface area contributed by atoms with E-state index in [0.717, 1.165) is 22.3 Å². The second kappa shape index (κ2) is 6.37. The van der Waals surface area contributed by atoms with Gasteiger partial charge in [-0.1, -0.05) is 42.5 Å². The molecule has 0 aliphatic carbocycles. The van der Waals surface area contributed by atoms with Crippen LogP contribution < -0.4 is 0 Å². The Hall–Kier alpha value is -2.79. The van der Waals surface area contributed by atoms with Gasteiger partial charge in [0.25, 0.3) is 0 Å². The number of imidazole rings is 1. The first kappa shape index (κ1) is 14.8. The van der Waals surface area contributed by atoms with Gasteiger partial charge in [-0.3, -0.25) is 13.8 Å². The Morgan fingerprint density at radius 2 is 1.71 bits per heavy atom. The van der Waals surface area contributed by atoms with Crippen LogP contribution in [-0.4, -0.2) is 18.7 Å². The molecule has 0 amide bonds. The lowest BCUT2D eigenvalue weighted by molar-refractivity contribution is 0.671. The van der Waals surface area contributed by atoms with Crippen LogP contribution in [0.3, 0.4) is 0 Å². The molecule has 2 heterocycles. The van der Waals surface area contributed by atoms with Crippen LogP contribution in [-0.2, 0) is 16.6 Å². The second-order valence-electron chi connectivity index (χ2n) is 5.40. The Labute approximate surface area is 142 Å². The molecular weight excluding hydrogens is 318 g/mol. The van der Waals surface area contributed by atoms with E-state index >= 15 is 0 Å². The summed E-state index contributed by atoms with van der Waals surface area (Å²) in [4.78, 5) is 8.88. The highest BCUT2D eigenvalue weighted by Crippen LogP contribution is 2.17. The van der Waals surface area contributed by atoms with Gasteiger partial charge in [0.15, 0.2) is 0 Å². The fourth-order valence-electron chi connectivity index (χ4n) is 2.63. The molecule has 0 bridgehead atoms. The molecule has 0 fully saturated rings. The maximum absolute atomic E-state index is 12.8. The summed E-state index contributed by atoms with van der Waals surface area (Å²) < 4.78 is 14.7. The van der Waals surface area contributed by atoms with Crippen molar-refractivity contribution in [3.63, 3.8) is 0 Å². The standard InChI is InChI=1S/C19H15N3OS/c23-24(14-16-11-10-15-6-4-5-9-18(15)21-16)19-20-12-13-22(19)17-7-2-1-3-8-17/h1-13H,14H2. The third kappa shape index (κ3) is 2.86. The molecule has 0 aliphatic rings. The van der Waals surface area contributed by atoms with Crippen molar-refractivity contribution in [1.29, 1.82) is 0 Å². The van der Waals surface area contributed by atoms with Crippen molar-refractivity contribution in [3.8, 4) is 5.69 Å². The molecular formula is C19H15N3OS. The third-order valence-electron chi connectivity index (χ3n) is 3.78. The zero-order chi connectivity index (χ0) is 16.4. The third-order valence-corrected chi connectivity index (χ3v) is 5.05. The normalized spacial score (nSPS) is 12.3. The monoisotopic (exact) mass is 333 g/mol. The molecule has 1 unspecified atom stereocenters. The van der Waals surface area contributed by atoms with Gasteiger partial charge in [0.05, 0.1) is 27.8 Å². The van der Waals surface area contributed by atoms with Gasteiger partial charge < -0.3 is 0 Å². The van der Waals surface area contributed by atoms with Crippen LogP contribution >= 0.6 is 0 Å². The van der Waals surface area contributed by atoms with Gasteiger partial charge in [-0.05, 0) is 24.3 Å². The first-order chi connectivity index (χ1) is 11.8. The van der Waals surface area contributed by atoms with E-state index in [1.807, 2.05) is 77.5 Å². The SMILES string of the molecule is O=S(Cc1ccc2ccccc2n1)c1nccn1-c1ccccc1. The number of benzene rings is 2. The molecule has 2 aromatic heterocycles. The Bertz CT molecular complexity index is 1010. The Morgan fingerprint density at radius 3 is 2.58 bits per heavy atom. The second-order valence-corrected chi connectivity index (χ2v) is 6.75. The van der Waals surface area contributed by atoms with Crippen molar-refractivity contribution in [1.82, 2.24) is 14.5 Å². The minimum atomic E-state index is -1.27.